The molecule has 2 N–H and O–H groups in total. The van der Waals surface area contributed by atoms with Gasteiger partial charge in [-0.2, -0.15) is 0 Å². The van der Waals surface area contributed by atoms with E-state index in [9.17, 15) is 5.11 Å². The Morgan fingerprint density at radius 1 is 1.32 bits per heavy atom. The predicted octanol–water partition coefficient (Wildman–Crippen LogP) is 3.60. The van der Waals surface area contributed by atoms with Crippen LogP contribution in [-0.2, 0) is 0 Å². The van der Waals surface area contributed by atoms with E-state index in [-0.39, 0.29) is 11.2 Å². The zero-order valence-electron chi connectivity index (χ0n) is 11.6. The molecule has 1 aromatic carbocycles. The number of hydrogen-bond acceptors (Lipinski definition) is 3. The third-order valence-corrected chi connectivity index (χ3v) is 2.86. The number of aromatic hydroxyl groups is 1. The number of aromatic nitrogens is 2. The van der Waals surface area contributed by atoms with E-state index in [1.807, 2.05) is 0 Å². The van der Waals surface area contributed by atoms with E-state index in [0.29, 0.717) is 6.61 Å². The van der Waals surface area contributed by atoms with Crippen molar-refractivity contribution in [2.45, 2.75) is 27.2 Å². The van der Waals surface area contributed by atoms with Gasteiger partial charge in [0, 0.05) is 5.56 Å². The highest BCUT2D eigenvalue weighted by atomic mass is 16.5. The molecule has 102 valence electrons. The fraction of sp³-hybridized carbons (Fsp3) is 0.400. The van der Waals surface area contributed by atoms with Gasteiger partial charge in [0.05, 0.1) is 24.8 Å². The van der Waals surface area contributed by atoms with Crippen molar-refractivity contribution in [1.82, 2.24) is 9.97 Å². The number of rotatable bonds is 4. The summed E-state index contributed by atoms with van der Waals surface area (Å²) in [5.74, 6) is 0.971. The van der Waals surface area contributed by atoms with Crippen LogP contribution in [0.5, 0.6) is 11.5 Å². The summed E-state index contributed by atoms with van der Waals surface area (Å²) in [5, 5.41) is 9.60. The predicted molar refractivity (Wildman–Crippen MR) is 75.3 cm³/mol. The molecule has 0 aliphatic heterocycles. The van der Waals surface area contributed by atoms with Gasteiger partial charge in [0.1, 0.15) is 11.5 Å². The van der Waals surface area contributed by atoms with Gasteiger partial charge in [-0.15, -0.1) is 0 Å². The quantitative estimate of drug-likeness (QED) is 0.883. The summed E-state index contributed by atoms with van der Waals surface area (Å²) in [6.45, 7) is 7.20. The van der Waals surface area contributed by atoms with Crippen LogP contribution in [0.25, 0.3) is 11.3 Å². The maximum Gasteiger partial charge on any atom is 0.128 e. The molecule has 2 rings (SSSR count). The number of phenols is 1. The summed E-state index contributed by atoms with van der Waals surface area (Å²) in [4.78, 5) is 7.02. The van der Waals surface area contributed by atoms with Crippen LogP contribution >= 0.6 is 0 Å². The molecule has 0 aliphatic rings. The number of nitrogens with one attached hydrogen (secondary N) is 1. The lowest BCUT2D eigenvalue weighted by Gasteiger charge is -2.19. The van der Waals surface area contributed by atoms with Crippen molar-refractivity contribution >= 4 is 0 Å². The molecule has 0 unspecified atom stereocenters. The van der Waals surface area contributed by atoms with Gasteiger partial charge >= 0.3 is 0 Å². The maximum absolute atomic E-state index is 9.60. The fourth-order valence-corrected chi connectivity index (χ4v) is 1.72. The Hall–Kier alpha value is -1.97. The second kappa shape index (κ2) is 5.34. The zero-order valence-corrected chi connectivity index (χ0v) is 11.6. The monoisotopic (exact) mass is 260 g/mol. The lowest BCUT2D eigenvalue weighted by Crippen LogP contribution is -2.11. The minimum Gasteiger partial charge on any atom is -0.508 e. The normalized spacial score (nSPS) is 11.5. The average Bonchev–Trinajstić information content (AvgIpc) is 2.83. The van der Waals surface area contributed by atoms with Crippen LogP contribution in [0.2, 0.25) is 0 Å². The molecular formula is C15H20N2O2. The van der Waals surface area contributed by atoms with Gasteiger partial charge in [0.2, 0.25) is 0 Å². The first-order valence-corrected chi connectivity index (χ1v) is 6.40. The molecule has 1 heterocycles. The summed E-state index contributed by atoms with van der Waals surface area (Å²) >= 11 is 0. The van der Waals surface area contributed by atoms with E-state index in [2.05, 4.69) is 30.7 Å². The second-order valence-electron chi connectivity index (χ2n) is 5.80. The lowest BCUT2D eigenvalue weighted by atomic mass is 9.93. The Balaban J connectivity index is 2.16. The number of phenolic OH excluding ortho intramolecular Hbond substituents is 1. The van der Waals surface area contributed by atoms with Crippen molar-refractivity contribution in [3.8, 4) is 22.8 Å². The maximum atomic E-state index is 9.60. The molecule has 19 heavy (non-hydrogen) atoms. The van der Waals surface area contributed by atoms with Crippen LogP contribution in [0.4, 0.5) is 0 Å². The number of H-pyrrole nitrogens is 1. The van der Waals surface area contributed by atoms with Gasteiger partial charge < -0.3 is 14.8 Å². The Morgan fingerprint density at radius 3 is 2.74 bits per heavy atom. The van der Waals surface area contributed by atoms with Crippen molar-refractivity contribution in [1.29, 1.82) is 0 Å². The first kappa shape index (κ1) is 13.5. The van der Waals surface area contributed by atoms with Crippen molar-refractivity contribution in [2.75, 3.05) is 6.61 Å². The van der Waals surface area contributed by atoms with Crippen LogP contribution in [0.3, 0.4) is 0 Å². The summed E-state index contributed by atoms with van der Waals surface area (Å²) in [5.41, 5.74) is 1.90. The molecule has 0 saturated carbocycles. The Labute approximate surface area is 113 Å². The first-order valence-electron chi connectivity index (χ1n) is 6.40. The molecule has 0 spiro atoms. The summed E-state index contributed by atoms with van der Waals surface area (Å²) in [6, 6.07) is 5.10. The summed E-state index contributed by atoms with van der Waals surface area (Å²) in [7, 11) is 0. The minimum absolute atomic E-state index is 0.216. The third kappa shape index (κ3) is 3.74. The molecule has 0 saturated heterocycles. The highest BCUT2D eigenvalue weighted by Crippen LogP contribution is 2.32. The van der Waals surface area contributed by atoms with E-state index in [4.69, 9.17) is 4.74 Å². The number of ether oxygens (including phenoxy) is 1. The molecule has 0 atom stereocenters. The second-order valence-corrected chi connectivity index (χ2v) is 5.80. The number of benzene rings is 1. The number of imidazole rings is 1. The van der Waals surface area contributed by atoms with Crippen molar-refractivity contribution in [2.24, 2.45) is 5.41 Å². The largest absolute Gasteiger partial charge is 0.508 e. The van der Waals surface area contributed by atoms with E-state index in [0.717, 1.165) is 23.4 Å². The highest BCUT2D eigenvalue weighted by molar-refractivity contribution is 5.68. The smallest absolute Gasteiger partial charge is 0.128 e. The molecule has 0 aliphatic carbocycles. The van der Waals surface area contributed by atoms with Gasteiger partial charge in [-0.3, -0.25) is 0 Å². The number of hydrogen-bond donors (Lipinski definition) is 2. The van der Waals surface area contributed by atoms with Crippen LogP contribution in [0, 0.1) is 5.41 Å². The van der Waals surface area contributed by atoms with Crippen molar-refractivity contribution in [3.63, 3.8) is 0 Å². The molecule has 0 bridgehead atoms. The van der Waals surface area contributed by atoms with Crippen LogP contribution in [0.1, 0.15) is 27.2 Å². The molecule has 2 aromatic rings. The summed E-state index contributed by atoms with van der Waals surface area (Å²) < 4.78 is 5.83. The minimum atomic E-state index is 0.216. The molecule has 0 fully saturated rings. The number of nitrogens with zero attached hydrogens (tertiary/aromatic N) is 1. The molecule has 4 nitrogen and oxygen atoms in total. The van der Waals surface area contributed by atoms with E-state index in [1.165, 1.54) is 0 Å². The standard InChI is InChI=1S/C15H20N2O2/c1-15(2,3)6-7-19-14-5-4-11(18)8-12(14)13-9-16-10-17-13/h4-5,8-10,18H,6-7H2,1-3H3,(H,16,17). The van der Waals surface area contributed by atoms with Crippen LogP contribution in [0.15, 0.2) is 30.7 Å². The van der Waals surface area contributed by atoms with E-state index >= 15 is 0 Å². The van der Waals surface area contributed by atoms with Gasteiger partial charge in [0.15, 0.2) is 0 Å². The summed E-state index contributed by atoms with van der Waals surface area (Å²) in [6.07, 6.45) is 4.29. The highest BCUT2D eigenvalue weighted by Gasteiger charge is 2.12. The van der Waals surface area contributed by atoms with Gasteiger partial charge in [-0.05, 0) is 30.0 Å². The van der Waals surface area contributed by atoms with Gasteiger partial charge in [0.25, 0.3) is 0 Å². The van der Waals surface area contributed by atoms with Crippen molar-refractivity contribution < 1.29 is 9.84 Å². The zero-order chi connectivity index (χ0) is 13.9. The van der Waals surface area contributed by atoms with Crippen LogP contribution < -0.4 is 4.74 Å². The number of aromatic amines is 1. The van der Waals surface area contributed by atoms with Crippen LogP contribution in [-0.4, -0.2) is 21.7 Å². The molecule has 4 heteroatoms. The third-order valence-electron chi connectivity index (χ3n) is 2.86. The average molecular weight is 260 g/mol. The Morgan fingerprint density at radius 2 is 2.11 bits per heavy atom. The fourth-order valence-electron chi connectivity index (χ4n) is 1.72. The first-order chi connectivity index (χ1) is 8.96. The van der Waals surface area contributed by atoms with E-state index < -0.39 is 0 Å². The SMILES string of the molecule is CC(C)(C)CCOc1ccc(O)cc1-c1cnc[nH]1. The molecular weight excluding hydrogens is 240 g/mol. The molecule has 0 amide bonds. The molecule has 1 aromatic heterocycles. The van der Waals surface area contributed by atoms with Crippen molar-refractivity contribution in [3.05, 3.63) is 30.7 Å². The molecule has 0 radical (unpaired) electrons. The Bertz CT molecular complexity index is 528. The van der Waals surface area contributed by atoms with E-state index in [1.54, 1.807) is 30.7 Å². The van der Waals surface area contributed by atoms with Gasteiger partial charge in [-0.25, -0.2) is 4.98 Å². The topological polar surface area (TPSA) is 58.1 Å². The Kier molecular flexibility index (Phi) is 3.79. The lowest BCUT2D eigenvalue weighted by molar-refractivity contribution is 0.243. The van der Waals surface area contributed by atoms with Gasteiger partial charge in [-0.1, -0.05) is 20.8 Å².